The van der Waals surface area contributed by atoms with Crippen molar-refractivity contribution in [1.29, 1.82) is 0 Å². The van der Waals surface area contributed by atoms with Gasteiger partial charge in [0.25, 0.3) is 0 Å². The number of aryl methyl sites for hydroxylation is 1. The zero-order chi connectivity index (χ0) is 19.8. The Morgan fingerprint density at radius 1 is 1.03 bits per heavy atom. The van der Waals surface area contributed by atoms with Crippen LogP contribution < -0.4 is 20.7 Å². The molecule has 0 saturated carbocycles. The number of amides is 1. The lowest BCUT2D eigenvalue weighted by atomic mass is 10.0. The lowest BCUT2D eigenvalue weighted by molar-refractivity contribution is -0.116. The third kappa shape index (κ3) is 7.27. The minimum Gasteiger partial charge on any atom is -0.494 e. The largest absolute Gasteiger partial charge is 0.494 e. The van der Waals surface area contributed by atoms with E-state index in [-0.39, 0.29) is 18.3 Å². The number of benzene rings is 2. The van der Waals surface area contributed by atoms with Crippen LogP contribution in [0.4, 0.5) is 11.4 Å². The van der Waals surface area contributed by atoms with E-state index in [1.165, 1.54) is 5.56 Å². The van der Waals surface area contributed by atoms with Crippen molar-refractivity contribution in [3.63, 3.8) is 0 Å². The number of fused-ring (bicyclic) bond motifs is 1. The first-order valence-electron chi connectivity index (χ1n) is 9.57. The van der Waals surface area contributed by atoms with Gasteiger partial charge < -0.3 is 20.7 Å². The van der Waals surface area contributed by atoms with E-state index in [0.29, 0.717) is 23.1 Å². The molecule has 0 aromatic heterocycles. The van der Waals surface area contributed by atoms with Gasteiger partial charge in [-0.1, -0.05) is 35.3 Å². The van der Waals surface area contributed by atoms with Crippen molar-refractivity contribution in [2.75, 3.05) is 36.9 Å². The van der Waals surface area contributed by atoms with E-state index in [9.17, 15) is 4.79 Å². The fraction of sp³-hybridized carbons (Fsp3) is 0.381. The quantitative estimate of drug-likeness (QED) is 0.430. The third-order valence-electron chi connectivity index (χ3n) is 4.56. The Kier molecular flexibility index (Phi) is 9.88. The molecule has 0 bridgehead atoms. The van der Waals surface area contributed by atoms with Crippen molar-refractivity contribution >= 4 is 52.9 Å². The van der Waals surface area contributed by atoms with Crippen LogP contribution in [0.25, 0.3) is 0 Å². The number of rotatable bonds is 10. The number of hydrogen-bond donors (Lipinski definition) is 3. The zero-order valence-corrected chi connectivity index (χ0v) is 18.4. The molecule has 0 unspecified atom stereocenters. The van der Waals surface area contributed by atoms with Crippen molar-refractivity contribution in [1.82, 2.24) is 5.32 Å². The van der Waals surface area contributed by atoms with E-state index < -0.39 is 0 Å². The first-order valence-corrected chi connectivity index (χ1v) is 10.3. The molecule has 0 fully saturated rings. The van der Waals surface area contributed by atoms with Crippen molar-refractivity contribution in [3.8, 4) is 5.75 Å². The zero-order valence-electron chi connectivity index (χ0n) is 16.1. The second-order valence-electron chi connectivity index (χ2n) is 6.70. The Labute approximate surface area is 187 Å². The van der Waals surface area contributed by atoms with Gasteiger partial charge in [-0.3, -0.25) is 4.79 Å². The summed E-state index contributed by atoms with van der Waals surface area (Å²) >= 11 is 12.1. The van der Waals surface area contributed by atoms with Crippen LogP contribution in [-0.2, 0) is 11.2 Å². The molecule has 1 aliphatic rings. The fourth-order valence-electron chi connectivity index (χ4n) is 3.03. The van der Waals surface area contributed by atoms with Crippen LogP contribution in [0.15, 0.2) is 36.4 Å². The van der Waals surface area contributed by atoms with Gasteiger partial charge in [0.05, 0.1) is 22.3 Å². The standard InChI is InChI=1S/C21H25Cl2N3O2.ClH/c22-17-4-3-5-18(21(17)23)25-12-11-24-10-1-2-13-28-16-8-6-15-7-9-20(27)26-19(15)14-16;/h3-6,8,14,24-25H,1-2,7,9-13H2,(H,26,27);1H. The van der Waals surface area contributed by atoms with E-state index in [2.05, 4.69) is 16.0 Å². The molecule has 3 rings (SSSR count). The predicted molar refractivity (Wildman–Crippen MR) is 123 cm³/mol. The molecule has 158 valence electrons. The monoisotopic (exact) mass is 457 g/mol. The number of halogens is 3. The molecule has 2 aromatic rings. The maximum absolute atomic E-state index is 11.5. The highest BCUT2D eigenvalue weighted by atomic mass is 35.5. The molecule has 0 aliphatic carbocycles. The summed E-state index contributed by atoms with van der Waals surface area (Å²) in [5.41, 5.74) is 2.90. The van der Waals surface area contributed by atoms with Gasteiger partial charge in [0.2, 0.25) is 5.91 Å². The van der Waals surface area contributed by atoms with Gasteiger partial charge in [-0.05, 0) is 49.6 Å². The van der Waals surface area contributed by atoms with E-state index in [1.54, 1.807) is 6.07 Å². The van der Waals surface area contributed by atoms with Crippen LogP contribution in [0.5, 0.6) is 5.75 Å². The normalized spacial score (nSPS) is 12.6. The molecule has 0 atom stereocenters. The van der Waals surface area contributed by atoms with Crippen molar-refractivity contribution in [2.24, 2.45) is 0 Å². The molecule has 0 radical (unpaired) electrons. The first-order chi connectivity index (χ1) is 13.6. The van der Waals surface area contributed by atoms with Crippen LogP contribution in [0.2, 0.25) is 10.0 Å². The smallest absolute Gasteiger partial charge is 0.224 e. The van der Waals surface area contributed by atoms with Crippen molar-refractivity contribution < 1.29 is 9.53 Å². The summed E-state index contributed by atoms with van der Waals surface area (Å²) in [6.07, 6.45) is 3.34. The predicted octanol–water partition coefficient (Wildman–Crippen LogP) is 5.16. The average molecular weight is 459 g/mol. The number of anilines is 2. The molecule has 2 aromatic carbocycles. The van der Waals surface area contributed by atoms with Gasteiger partial charge >= 0.3 is 0 Å². The number of nitrogens with one attached hydrogen (secondary N) is 3. The van der Waals surface area contributed by atoms with E-state index in [4.69, 9.17) is 27.9 Å². The van der Waals surface area contributed by atoms with Crippen LogP contribution in [-0.4, -0.2) is 32.1 Å². The maximum atomic E-state index is 11.5. The SMILES string of the molecule is Cl.O=C1CCc2ccc(OCCCCNCCNc3cccc(Cl)c3Cl)cc2N1. The van der Waals surface area contributed by atoms with Crippen LogP contribution >= 0.6 is 35.6 Å². The summed E-state index contributed by atoms with van der Waals surface area (Å²) in [4.78, 5) is 11.5. The second kappa shape index (κ2) is 12.1. The van der Waals surface area contributed by atoms with Crippen molar-refractivity contribution in [2.45, 2.75) is 25.7 Å². The maximum Gasteiger partial charge on any atom is 0.224 e. The minimum atomic E-state index is 0. The van der Waals surface area contributed by atoms with Gasteiger partial charge in [0.1, 0.15) is 5.75 Å². The Hall–Kier alpha value is -1.66. The Morgan fingerprint density at radius 3 is 2.76 bits per heavy atom. The molecule has 0 saturated heterocycles. The van der Waals surface area contributed by atoms with Gasteiger partial charge in [0, 0.05) is 31.3 Å². The summed E-state index contributed by atoms with van der Waals surface area (Å²) in [5.74, 6) is 0.874. The van der Waals surface area contributed by atoms with Crippen LogP contribution in [0, 0.1) is 0 Å². The third-order valence-corrected chi connectivity index (χ3v) is 5.38. The Morgan fingerprint density at radius 2 is 1.90 bits per heavy atom. The van der Waals surface area contributed by atoms with Gasteiger partial charge in [0.15, 0.2) is 0 Å². The molecular weight excluding hydrogens is 433 g/mol. The summed E-state index contributed by atoms with van der Waals surface area (Å²) in [6.45, 7) is 3.20. The van der Waals surface area contributed by atoms with E-state index >= 15 is 0 Å². The molecule has 0 spiro atoms. The van der Waals surface area contributed by atoms with Gasteiger partial charge in [-0.25, -0.2) is 0 Å². The van der Waals surface area contributed by atoms with Crippen LogP contribution in [0.3, 0.4) is 0 Å². The number of carbonyl (C=O) groups excluding carboxylic acids is 1. The molecular formula is C21H26Cl3N3O2. The highest BCUT2D eigenvalue weighted by molar-refractivity contribution is 6.43. The summed E-state index contributed by atoms with van der Waals surface area (Å²) in [7, 11) is 0. The molecule has 1 heterocycles. The lowest BCUT2D eigenvalue weighted by Gasteiger charge is -2.17. The molecule has 1 aliphatic heterocycles. The summed E-state index contributed by atoms with van der Waals surface area (Å²) < 4.78 is 5.80. The average Bonchev–Trinajstić information content (AvgIpc) is 2.69. The highest BCUT2D eigenvalue weighted by Gasteiger charge is 2.14. The first kappa shape index (κ1) is 23.6. The molecule has 1 amide bonds. The Balaban J connectivity index is 0.00000300. The van der Waals surface area contributed by atoms with Gasteiger partial charge in [-0.15, -0.1) is 12.4 Å². The topological polar surface area (TPSA) is 62.4 Å². The minimum absolute atomic E-state index is 0. The van der Waals surface area contributed by atoms with Gasteiger partial charge in [-0.2, -0.15) is 0 Å². The van der Waals surface area contributed by atoms with Crippen LogP contribution in [0.1, 0.15) is 24.8 Å². The lowest BCUT2D eigenvalue weighted by Crippen LogP contribution is -2.23. The molecule has 8 heteroatoms. The molecule has 29 heavy (non-hydrogen) atoms. The fourth-order valence-corrected chi connectivity index (χ4v) is 3.40. The highest BCUT2D eigenvalue weighted by Crippen LogP contribution is 2.29. The number of ether oxygens (including phenoxy) is 1. The number of carbonyl (C=O) groups is 1. The summed E-state index contributed by atoms with van der Waals surface area (Å²) in [6, 6.07) is 11.5. The van der Waals surface area contributed by atoms with E-state index in [1.807, 2.05) is 30.3 Å². The second-order valence-corrected chi connectivity index (χ2v) is 7.49. The molecule has 5 nitrogen and oxygen atoms in total. The van der Waals surface area contributed by atoms with Crippen molar-refractivity contribution in [3.05, 3.63) is 52.0 Å². The Bertz CT molecular complexity index is 818. The van der Waals surface area contributed by atoms with E-state index in [0.717, 1.165) is 56.0 Å². The summed E-state index contributed by atoms with van der Waals surface area (Å²) in [5, 5.41) is 10.7. The molecule has 3 N–H and O–H groups in total. The number of hydrogen-bond acceptors (Lipinski definition) is 4. The number of unbranched alkanes of at least 4 members (excludes halogenated alkanes) is 1.